The second kappa shape index (κ2) is 4.87. The predicted molar refractivity (Wildman–Crippen MR) is 65.9 cm³/mol. The van der Waals surface area contributed by atoms with Crippen LogP contribution in [-0.4, -0.2) is 47.2 Å². The first-order chi connectivity index (χ1) is 8.09. The van der Waals surface area contributed by atoms with Gasteiger partial charge in [-0.05, 0) is 38.4 Å². The SMILES string of the molecule is CN1CCC(C)(CNC(=O)n2ccnc2)CC1. The van der Waals surface area contributed by atoms with Gasteiger partial charge in [-0.25, -0.2) is 9.78 Å². The van der Waals surface area contributed by atoms with Gasteiger partial charge in [-0.2, -0.15) is 0 Å². The molecule has 1 aliphatic heterocycles. The fourth-order valence-corrected chi connectivity index (χ4v) is 2.09. The maximum atomic E-state index is 11.8. The topological polar surface area (TPSA) is 50.2 Å². The maximum absolute atomic E-state index is 11.8. The second-order valence-corrected chi connectivity index (χ2v) is 5.24. The minimum Gasteiger partial charge on any atom is -0.337 e. The number of rotatable bonds is 2. The summed E-state index contributed by atoms with van der Waals surface area (Å²) in [6.45, 7) is 5.20. The van der Waals surface area contributed by atoms with E-state index in [9.17, 15) is 4.79 Å². The first-order valence-electron chi connectivity index (χ1n) is 6.04. The van der Waals surface area contributed by atoms with Crippen LogP contribution >= 0.6 is 0 Å². The van der Waals surface area contributed by atoms with Gasteiger partial charge in [0, 0.05) is 18.9 Å². The molecular weight excluding hydrogens is 216 g/mol. The Balaban J connectivity index is 1.83. The van der Waals surface area contributed by atoms with Gasteiger partial charge in [0.15, 0.2) is 0 Å². The Morgan fingerprint density at radius 2 is 2.18 bits per heavy atom. The average Bonchev–Trinajstić information content (AvgIpc) is 2.84. The Bertz CT molecular complexity index is 366. The van der Waals surface area contributed by atoms with E-state index < -0.39 is 0 Å². The third-order valence-electron chi connectivity index (χ3n) is 3.60. The molecule has 0 aliphatic carbocycles. The lowest BCUT2D eigenvalue weighted by Gasteiger charge is -2.37. The van der Waals surface area contributed by atoms with E-state index in [1.54, 1.807) is 12.4 Å². The number of aromatic nitrogens is 2. The lowest BCUT2D eigenvalue weighted by molar-refractivity contribution is 0.138. The summed E-state index contributed by atoms with van der Waals surface area (Å²) in [4.78, 5) is 17.9. The van der Waals surface area contributed by atoms with Crippen molar-refractivity contribution in [3.63, 3.8) is 0 Å². The van der Waals surface area contributed by atoms with E-state index in [0.717, 1.165) is 32.5 Å². The Kier molecular flexibility index (Phi) is 3.47. The minimum absolute atomic E-state index is 0.0948. The highest BCUT2D eigenvalue weighted by molar-refractivity contribution is 5.76. The molecule has 2 rings (SSSR count). The lowest BCUT2D eigenvalue weighted by atomic mass is 9.80. The van der Waals surface area contributed by atoms with Gasteiger partial charge in [0.2, 0.25) is 0 Å². The molecule has 0 saturated carbocycles. The molecule has 94 valence electrons. The second-order valence-electron chi connectivity index (χ2n) is 5.24. The molecule has 1 fully saturated rings. The summed E-state index contributed by atoms with van der Waals surface area (Å²) < 4.78 is 1.47. The van der Waals surface area contributed by atoms with E-state index in [2.05, 4.69) is 29.2 Å². The number of nitrogens with zero attached hydrogens (tertiary/aromatic N) is 3. The molecule has 1 aliphatic rings. The van der Waals surface area contributed by atoms with Gasteiger partial charge in [-0.15, -0.1) is 0 Å². The Hall–Kier alpha value is -1.36. The molecule has 5 heteroatoms. The average molecular weight is 236 g/mol. The number of hydrogen-bond acceptors (Lipinski definition) is 3. The predicted octanol–water partition coefficient (Wildman–Crippen LogP) is 1.17. The van der Waals surface area contributed by atoms with Gasteiger partial charge >= 0.3 is 6.03 Å². The van der Waals surface area contributed by atoms with E-state index in [1.807, 2.05) is 0 Å². The number of carbonyl (C=O) groups is 1. The van der Waals surface area contributed by atoms with Crippen molar-refractivity contribution in [1.82, 2.24) is 19.8 Å². The van der Waals surface area contributed by atoms with Crippen molar-refractivity contribution in [3.05, 3.63) is 18.7 Å². The maximum Gasteiger partial charge on any atom is 0.326 e. The van der Waals surface area contributed by atoms with E-state index in [1.165, 1.54) is 10.9 Å². The minimum atomic E-state index is -0.0948. The Morgan fingerprint density at radius 3 is 2.76 bits per heavy atom. The van der Waals surface area contributed by atoms with Gasteiger partial charge in [0.05, 0.1) is 0 Å². The molecule has 0 aromatic carbocycles. The summed E-state index contributed by atoms with van der Waals surface area (Å²) in [7, 11) is 2.14. The first-order valence-corrected chi connectivity index (χ1v) is 6.04. The Morgan fingerprint density at radius 1 is 1.47 bits per heavy atom. The summed E-state index contributed by atoms with van der Waals surface area (Å²) in [5, 5.41) is 2.98. The van der Waals surface area contributed by atoms with Crippen LogP contribution in [0.2, 0.25) is 0 Å². The zero-order chi connectivity index (χ0) is 12.3. The number of piperidine rings is 1. The third kappa shape index (κ3) is 3.06. The molecule has 5 nitrogen and oxygen atoms in total. The van der Waals surface area contributed by atoms with Crippen molar-refractivity contribution in [3.8, 4) is 0 Å². The summed E-state index contributed by atoms with van der Waals surface area (Å²) in [5.74, 6) is 0. The smallest absolute Gasteiger partial charge is 0.326 e. The van der Waals surface area contributed by atoms with Crippen LogP contribution in [-0.2, 0) is 0 Å². The monoisotopic (exact) mass is 236 g/mol. The summed E-state index contributed by atoms with van der Waals surface area (Å²) in [6, 6.07) is -0.0948. The molecule has 17 heavy (non-hydrogen) atoms. The number of carbonyl (C=O) groups excluding carboxylic acids is 1. The molecule has 0 spiro atoms. The fourth-order valence-electron chi connectivity index (χ4n) is 2.09. The fraction of sp³-hybridized carbons (Fsp3) is 0.667. The number of nitrogens with one attached hydrogen (secondary N) is 1. The normalized spacial score (nSPS) is 20.1. The highest BCUT2D eigenvalue weighted by atomic mass is 16.2. The van der Waals surface area contributed by atoms with Crippen LogP contribution in [0.15, 0.2) is 18.7 Å². The molecular formula is C12H20N4O. The van der Waals surface area contributed by atoms with Gasteiger partial charge in [-0.3, -0.25) is 4.57 Å². The molecule has 1 N–H and O–H groups in total. The summed E-state index contributed by atoms with van der Waals surface area (Å²) >= 11 is 0. The number of amides is 1. The standard InChI is InChI=1S/C12H20N4O/c1-12(3-6-15(2)7-4-12)9-14-11(17)16-8-5-13-10-16/h5,8,10H,3-4,6-7,9H2,1-2H3,(H,14,17). The summed E-state index contributed by atoms with van der Waals surface area (Å²) in [6.07, 6.45) is 7.05. The zero-order valence-corrected chi connectivity index (χ0v) is 10.5. The van der Waals surface area contributed by atoms with E-state index in [-0.39, 0.29) is 11.4 Å². The quantitative estimate of drug-likeness (QED) is 0.838. The van der Waals surface area contributed by atoms with E-state index in [0.29, 0.717) is 0 Å². The number of imidazole rings is 1. The molecule has 1 amide bonds. The van der Waals surface area contributed by atoms with Crippen LogP contribution < -0.4 is 5.32 Å². The van der Waals surface area contributed by atoms with Crippen LogP contribution in [0.1, 0.15) is 19.8 Å². The molecule has 0 radical (unpaired) electrons. The zero-order valence-electron chi connectivity index (χ0n) is 10.5. The number of hydrogen-bond donors (Lipinski definition) is 1. The van der Waals surface area contributed by atoms with Gasteiger partial charge in [0.25, 0.3) is 0 Å². The van der Waals surface area contributed by atoms with Crippen molar-refractivity contribution in [2.45, 2.75) is 19.8 Å². The molecule has 1 aromatic heterocycles. The van der Waals surface area contributed by atoms with Crippen molar-refractivity contribution in [2.75, 3.05) is 26.7 Å². The number of likely N-dealkylation sites (tertiary alicyclic amines) is 1. The Labute approximate surface area is 102 Å². The van der Waals surface area contributed by atoms with Crippen LogP contribution in [0, 0.1) is 5.41 Å². The van der Waals surface area contributed by atoms with Gasteiger partial charge in [0.1, 0.15) is 6.33 Å². The van der Waals surface area contributed by atoms with E-state index in [4.69, 9.17) is 0 Å². The largest absolute Gasteiger partial charge is 0.337 e. The molecule has 1 saturated heterocycles. The van der Waals surface area contributed by atoms with Crippen LogP contribution in [0.4, 0.5) is 4.79 Å². The van der Waals surface area contributed by atoms with E-state index >= 15 is 0 Å². The van der Waals surface area contributed by atoms with Crippen molar-refractivity contribution in [2.24, 2.45) is 5.41 Å². The molecule has 0 unspecified atom stereocenters. The first kappa shape index (κ1) is 12.1. The van der Waals surface area contributed by atoms with Crippen molar-refractivity contribution >= 4 is 6.03 Å². The highest BCUT2D eigenvalue weighted by Crippen LogP contribution is 2.29. The van der Waals surface area contributed by atoms with Gasteiger partial charge in [-0.1, -0.05) is 6.92 Å². The lowest BCUT2D eigenvalue weighted by Crippen LogP contribution is -2.44. The molecule has 2 heterocycles. The van der Waals surface area contributed by atoms with Crippen LogP contribution in [0.25, 0.3) is 0 Å². The molecule has 0 bridgehead atoms. The summed E-state index contributed by atoms with van der Waals surface area (Å²) in [5.41, 5.74) is 0.225. The molecule has 0 atom stereocenters. The van der Waals surface area contributed by atoms with Gasteiger partial charge < -0.3 is 10.2 Å². The highest BCUT2D eigenvalue weighted by Gasteiger charge is 2.29. The van der Waals surface area contributed by atoms with Crippen molar-refractivity contribution < 1.29 is 4.79 Å². The van der Waals surface area contributed by atoms with Crippen LogP contribution in [0.3, 0.4) is 0 Å². The third-order valence-corrected chi connectivity index (χ3v) is 3.60. The van der Waals surface area contributed by atoms with Crippen molar-refractivity contribution in [1.29, 1.82) is 0 Å². The van der Waals surface area contributed by atoms with Crippen LogP contribution in [0.5, 0.6) is 0 Å². The molecule has 1 aromatic rings.